The van der Waals surface area contributed by atoms with Crippen LogP contribution in [-0.2, 0) is 11.2 Å². The molecule has 3 heterocycles. The molecule has 0 aliphatic carbocycles. The largest absolute Gasteiger partial charge is 0.338 e. The molecule has 0 bridgehead atoms. The Bertz CT molecular complexity index is 594. The van der Waals surface area contributed by atoms with Gasteiger partial charge in [0.1, 0.15) is 5.01 Å². The lowest BCUT2D eigenvalue weighted by Crippen LogP contribution is -2.48. The number of thiazole rings is 1. The molecule has 1 unspecified atom stereocenters. The van der Waals surface area contributed by atoms with E-state index < -0.39 is 0 Å². The molecule has 3 rings (SSSR count). The zero-order valence-electron chi connectivity index (χ0n) is 11.8. The molecule has 2 aromatic rings. The number of piperidine rings is 1. The molecule has 0 radical (unpaired) electrons. The minimum Gasteiger partial charge on any atom is -0.338 e. The molecular formula is C15H19N3OS2. The van der Waals surface area contributed by atoms with Crippen molar-refractivity contribution >= 4 is 28.6 Å². The highest BCUT2D eigenvalue weighted by Crippen LogP contribution is 2.28. The van der Waals surface area contributed by atoms with Crippen LogP contribution in [0.4, 0.5) is 0 Å². The van der Waals surface area contributed by atoms with Crippen LogP contribution in [0.3, 0.4) is 0 Å². The third-order valence-electron chi connectivity index (χ3n) is 3.84. The topological polar surface area (TPSA) is 59.2 Å². The molecule has 6 heteroatoms. The van der Waals surface area contributed by atoms with E-state index in [2.05, 4.69) is 11.1 Å². The summed E-state index contributed by atoms with van der Waals surface area (Å²) in [5.74, 6) is 0.160. The summed E-state index contributed by atoms with van der Waals surface area (Å²) >= 11 is 3.28. The molecule has 1 aliphatic rings. The summed E-state index contributed by atoms with van der Waals surface area (Å²) < 4.78 is 0. The Morgan fingerprint density at radius 3 is 3.10 bits per heavy atom. The fourth-order valence-electron chi connectivity index (χ4n) is 2.73. The van der Waals surface area contributed by atoms with Crippen molar-refractivity contribution in [2.45, 2.75) is 31.7 Å². The van der Waals surface area contributed by atoms with Gasteiger partial charge in [-0.1, -0.05) is 6.07 Å². The van der Waals surface area contributed by atoms with Crippen molar-refractivity contribution < 1.29 is 4.79 Å². The van der Waals surface area contributed by atoms with Gasteiger partial charge in [0.2, 0.25) is 5.91 Å². The van der Waals surface area contributed by atoms with Gasteiger partial charge in [-0.15, -0.1) is 22.7 Å². The van der Waals surface area contributed by atoms with E-state index in [1.807, 2.05) is 21.7 Å². The van der Waals surface area contributed by atoms with E-state index in [-0.39, 0.29) is 11.9 Å². The van der Waals surface area contributed by atoms with Gasteiger partial charge in [-0.3, -0.25) is 4.79 Å². The Morgan fingerprint density at radius 2 is 2.33 bits per heavy atom. The third-order valence-corrected chi connectivity index (χ3v) is 5.77. The fourth-order valence-corrected chi connectivity index (χ4v) is 4.37. The molecule has 1 atom stereocenters. The minimum absolute atomic E-state index is 0.160. The third kappa shape index (κ3) is 3.33. The maximum Gasteiger partial charge on any atom is 0.228 e. The standard InChI is InChI=1S/C15H19N3OS2/c16-9-12-4-1-2-6-18(12)14(19)8-11-10-21-15(17-11)13-5-3-7-20-13/h3,5,7,10,12H,1-2,4,6,8-9,16H2. The lowest BCUT2D eigenvalue weighted by molar-refractivity contribution is -0.133. The van der Waals surface area contributed by atoms with Crippen LogP contribution in [0.15, 0.2) is 22.9 Å². The van der Waals surface area contributed by atoms with Crippen molar-refractivity contribution in [1.82, 2.24) is 9.88 Å². The van der Waals surface area contributed by atoms with Crippen LogP contribution in [0.25, 0.3) is 9.88 Å². The molecular weight excluding hydrogens is 302 g/mol. The monoisotopic (exact) mass is 321 g/mol. The fraction of sp³-hybridized carbons (Fsp3) is 0.467. The molecule has 1 amide bonds. The van der Waals surface area contributed by atoms with Gasteiger partial charge < -0.3 is 10.6 Å². The van der Waals surface area contributed by atoms with Crippen molar-refractivity contribution in [3.05, 3.63) is 28.6 Å². The molecule has 1 saturated heterocycles. The predicted octanol–water partition coefficient (Wildman–Crippen LogP) is 2.75. The lowest BCUT2D eigenvalue weighted by Gasteiger charge is -2.35. The van der Waals surface area contributed by atoms with Crippen LogP contribution in [0.5, 0.6) is 0 Å². The number of amides is 1. The van der Waals surface area contributed by atoms with Crippen molar-refractivity contribution in [2.75, 3.05) is 13.1 Å². The number of carbonyl (C=O) groups is 1. The van der Waals surface area contributed by atoms with Crippen molar-refractivity contribution in [3.63, 3.8) is 0 Å². The average molecular weight is 321 g/mol. The zero-order valence-corrected chi connectivity index (χ0v) is 13.5. The Kier molecular flexibility index (Phi) is 4.67. The van der Waals surface area contributed by atoms with Gasteiger partial charge in [-0.05, 0) is 30.7 Å². The van der Waals surface area contributed by atoms with E-state index >= 15 is 0 Å². The maximum atomic E-state index is 12.5. The van der Waals surface area contributed by atoms with Crippen LogP contribution in [0.1, 0.15) is 25.0 Å². The first kappa shape index (κ1) is 14.7. The van der Waals surface area contributed by atoms with E-state index in [0.717, 1.165) is 35.0 Å². The van der Waals surface area contributed by atoms with Crippen LogP contribution >= 0.6 is 22.7 Å². The summed E-state index contributed by atoms with van der Waals surface area (Å²) in [4.78, 5) is 20.2. The van der Waals surface area contributed by atoms with Gasteiger partial charge in [0, 0.05) is 24.5 Å². The average Bonchev–Trinajstić information content (AvgIpc) is 3.17. The normalized spacial score (nSPS) is 18.9. The van der Waals surface area contributed by atoms with Crippen molar-refractivity contribution in [2.24, 2.45) is 5.73 Å². The first-order chi connectivity index (χ1) is 10.3. The summed E-state index contributed by atoms with van der Waals surface area (Å²) in [5.41, 5.74) is 6.66. The second-order valence-corrected chi connectivity index (χ2v) is 7.08. The van der Waals surface area contributed by atoms with Crippen LogP contribution in [-0.4, -0.2) is 34.9 Å². The summed E-state index contributed by atoms with van der Waals surface area (Å²) in [6.07, 6.45) is 3.67. The molecule has 2 aromatic heterocycles. The summed E-state index contributed by atoms with van der Waals surface area (Å²) in [5, 5.41) is 5.04. The number of likely N-dealkylation sites (tertiary alicyclic amines) is 1. The van der Waals surface area contributed by atoms with Crippen molar-refractivity contribution in [3.8, 4) is 9.88 Å². The molecule has 21 heavy (non-hydrogen) atoms. The number of thiophene rings is 1. The predicted molar refractivity (Wildman–Crippen MR) is 87.5 cm³/mol. The number of nitrogens with two attached hydrogens (primary N) is 1. The number of hydrogen-bond donors (Lipinski definition) is 1. The Hall–Kier alpha value is -1.24. The molecule has 0 aromatic carbocycles. The first-order valence-electron chi connectivity index (χ1n) is 7.25. The van der Waals surface area contributed by atoms with Gasteiger partial charge in [0.05, 0.1) is 17.0 Å². The number of hydrogen-bond acceptors (Lipinski definition) is 5. The summed E-state index contributed by atoms with van der Waals surface area (Å²) in [7, 11) is 0. The smallest absolute Gasteiger partial charge is 0.228 e. The maximum absolute atomic E-state index is 12.5. The van der Waals surface area contributed by atoms with E-state index in [4.69, 9.17) is 5.73 Å². The number of nitrogens with zero attached hydrogens (tertiary/aromatic N) is 2. The van der Waals surface area contributed by atoms with E-state index in [9.17, 15) is 4.79 Å². The Balaban J connectivity index is 1.67. The summed E-state index contributed by atoms with van der Waals surface area (Å²) in [6.45, 7) is 1.39. The number of aromatic nitrogens is 1. The molecule has 2 N–H and O–H groups in total. The van der Waals surface area contributed by atoms with Gasteiger partial charge in [-0.25, -0.2) is 4.98 Å². The highest BCUT2D eigenvalue weighted by atomic mass is 32.1. The quantitative estimate of drug-likeness (QED) is 0.942. The molecule has 0 saturated carbocycles. The molecule has 112 valence electrons. The van der Waals surface area contributed by atoms with Gasteiger partial charge in [0.15, 0.2) is 0 Å². The molecule has 1 fully saturated rings. The number of carbonyl (C=O) groups excluding carboxylic acids is 1. The van der Waals surface area contributed by atoms with Gasteiger partial charge in [-0.2, -0.15) is 0 Å². The van der Waals surface area contributed by atoms with E-state index in [0.29, 0.717) is 13.0 Å². The lowest BCUT2D eigenvalue weighted by atomic mass is 10.0. The van der Waals surface area contributed by atoms with Crippen LogP contribution in [0.2, 0.25) is 0 Å². The van der Waals surface area contributed by atoms with Gasteiger partial charge >= 0.3 is 0 Å². The SMILES string of the molecule is NCC1CCCCN1C(=O)Cc1csc(-c2cccs2)n1. The zero-order chi connectivity index (χ0) is 14.7. The van der Waals surface area contributed by atoms with Crippen LogP contribution in [0, 0.1) is 0 Å². The molecule has 0 spiro atoms. The molecule has 1 aliphatic heterocycles. The van der Waals surface area contributed by atoms with Gasteiger partial charge in [0.25, 0.3) is 0 Å². The minimum atomic E-state index is 0.160. The number of rotatable bonds is 4. The van der Waals surface area contributed by atoms with Crippen LogP contribution < -0.4 is 5.73 Å². The Labute approximate surface area is 132 Å². The summed E-state index contributed by atoms with van der Waals surface area (Å²) in [6, 6.07) is 4.29. The second-order valence-electron chi connectivity index (χ2n) is 5.27. The van der Waals surface area contributed by atoms with E-state index in [1.165, 1.54) is 6.42 Å². The highest BCUT2D eigenvalue weighted by molar-refractivity contribution is 7.20. The highest BCUT2D eigenvalue weighted by Gasteiger charge is 2.25. The first-order valence-corrected chi connectivity index (χ1v) is 9.01. The second kappa shape index (κ2) is 6.68. The van der Waals surface area contributed by atoms with E-state index in [1.54, 1.807) is 22.7 Å². The molecule has 4 nitrogen and oxygen atoms in total. The van der Waals surface area contributed by atoms with Crippen molar-refractivity contribution in [1.29, 1.82) is 0 Å². The Morgan fingerprint density at radius 1 is 1.43 bits per heavy atom.